The largest absolute Gasteiger partial charge is 0.339 e. The lowest BCUT2D eigenvalue weighted by Gasteiger charge is -2.07. The van der Waals surface area contributed by atoms with Crippen molar-refractivity contribution >= 4 is 22.8 Å². The Balaban J connectivity index is 1.30. The Labute approximate surface area is 185 Å². The fourth-order valence-electron chi connectivity index (χ4n) is 3.38. The summed E-state index contributed by atoms with van der Waals surface area (Å²) in [5, 5.41) is 15.1. The van der Waals surface area contributed by atoms with Gasteiger partial charge in [-0.25, -0.2) is 4.98 Å². The molecule has 2 aromatic heterocycles. The summed E-state index contributed by atoms with van der Waals surface area (Å²) in [6.07, 6.45) is 0. The van der Waals surface area contributed by atoms with Crippen LogP contribution in [-0.4, -0.2) is 15.2 Å². The van der Waals surface area contributed by atoms with Crippen molar-refractivity contribution in [1.82, 2.24) is 15.2 Å². The van der Waals surface area contributed by atoms with Crippen LogP contribution >= 0.6 is 11.3 Å². The molecule has 0 radical (unpaired) electrons. The summed E-state index contributed by atoms with van der Waals surface area (Å²) in [6, 6.07) is 30.5. The molecule has 0 saturated carbocycles. The van der Waals surface area contributed by atoms with Crippen LogP contribution < -0.4 is 5.32 Å². The van der Waals surface area contributed by atoms with E-state index in [1.165, 1.54) is 11.1 Å². The van der Waals surface area contributed by atoms with E-state index < -0.39 is 0 Å². The topological polar surface area (TPSA) is 50.7 Å². The summed E-state index contributed by atoms with van der Waals surface area (Å²) < 4.78 is 0. The predicted molar refractivity (Wildman–Crippen MR) is 128 cm³/mol. The summed E-state index contributed by atoms with van der Waals surface area (Å²) in [4.78, 5) is 4.84. The summed E-state index contributed by atoms with van der Waals surface area (Å²) in [5.74, 6) is 0.711. The molecule has 0 bridgehead atoms. The maximum atomic E-state index is 4.84. The average Bonchev–Trinajstić information content (AvgIpc) is 3.31. The molecule has 0 aliphatic rings. The number of nitrogens with zero attached hydrogens (tertiary/aromatic N) is 3. The van der Waals surface area contributed by atoms with Crippen LogP contribution in [0.5, 0.6) is 0 Å². The lowest BCUT2D eigenvalue weighted by atomic mass is 10.1. The van der Waals surface area contributed by atoms with E-state index in [1.807, 2.05) is 54.6 Å². The van der Waals surface area contributed by atoms with E-state index in [9.17, 15) is 0 Å². The van der Waals surface area contributed by atoms with E-state index in [0.29, 0.717) is 5.82 Å². The van der Waals surface area contributed by atoms with E-state index in [2.05, 4.69) is 64.2 Å². The first-order valence-electron chi connectivity index (χ1n) is 10.0. The van der Waals surface area contributed by atoms with Crippen molar-refractivity contribution in [3.05, 3.63) is 102 Å². The van der Waals surface area contributed by atoms with Gasteiger partial charge < -0.3 is 5.32 Å². The van der Waals surface area contributed by atoms with E-state index >= 15 is 0 Å². The number of hydrogen-bond donors (Lipinski definition) is 1. The van der Waals surface area contributed by atoms with Crippen LogP contribution in [0.4, 0.5) is 11.5 Å². The van der Waals surface area contributed by atoms with Crippen LogP contribution in [-0.2, 0) is 0 Å². The molecule has 0 fully saturated rings. The third-order valence-corrected chi connectivity index (χ3v) is 5.94. The standard InChI is InChI=1S/C26H20N4S/c1-18-7-5-6-10-22(18)26-28-24(17-31-26)20-11-13-21(14-12-20)27-25-16-15-23(29-30-25)19-8-3-2-4-9-19/h2-17H,1H3,(H,27,30). The molecule has 1 N–H and O–H groups in total. The molecule has 0 amide bonds. The molecular weight excluding hydrogens is 400 g/mol. The van der Waals surface area contributed by atoms with Gasteiger partial charge in [0.1, 0.15) is 5.01 Å². The maximum absolute atomic E-state index is 4.84. The van der Waals surface area contributed by atoms with Gasteiger partial charge in [-0.2, -0.15) is 0 Å². The van der Waals surface area contributed by atoms with Crippen LogP contribution in [0.25, 0.3) is 33.1 Å². The molecule has 3 aromatic carbocycles. The first-order chi connectivity index (χ1) is 15.3. The molecule has 31 heavy (non-hydrogen) atoms. The van der Waals surface area contributed by atoms with Gasteiger partial charge in [-0.15, -0.1) is 21.5 Å². The van der Waals surface area contributed by atoms with Gasteiger partial charge in [0.15, 0.2) is 5.82 Å². The van der Waals surface area contributed by atoms with Gasteiger partial charge in [0.25, 0.3) is 0 Å². The number of anilines is 2. The molecule has 4 nitrogen and oxygen atoms in total. The second kappa shape index (κ2) is 8.50. The number of thiazole rings is 1. The molecular formula is C26H20N4S. The monoisotopic (exact) mass is 420 g/mol. The van der Waals surface area contributed by atoms with Gasteiger partial charge in [0.2, 0.25) is 0 Å². The van der Waals surface area contributed by atoms with E-state index in [4.69, 9.17) is 4.98 Å². The lowest BCUT2D eigenvalue weighted by molar-refractivity contribution is 1.04. The second-order valence-electron chi connectivity index (χ2n) is 7.23. The molecule has 0 aliphatic carbocycles. The van der Waals surface area contributed by atoms with E-state index in [0.717, 1.165) is 33.2 Å². The number of aromatic nitrogens is 3. The normalized spacial score (nSPS) is 10.7. The van der Waals surface area contributed by atoms with Gasteiger partial charge in [0, 0.05) is 27.8 Å². The highest BCUT2D eigenvalue weighted by Gasteiger charge is 2.09. The Bertz CT molecular complexity index is 1290. The average molecular weight is 421 g/mol. The van der Waals surface area contributed by atoms with Gasteiger partial charge >= 0.3 is 0 Å². The van der Waals surface area contributed by atoms with Crippen molar-refractivity contribution in [2.75, 3.05) is 5.32 Å². The lowest BCUT2D eigenvalue weighted by Crippen LogP contribution is -1.96. The Hall–Kier alpha value is -3.83. The van der Waals surface area contributed by atoms with Crippen molar-refractivity contribution in [2.45, 2.75) is 6.92 Å². The van der Waals surface area contributed by atoms with E-state index in [1.54, 1.807) is 11.3 Å². The molecule has 5 rings (SSSR count). The minimum atomic E-state index is 0.711. The Morgan fingerprint density at radius 2 is 1.42 bits per heavy atom. The highest BCUT2D eigenvalue weighted by Crippen LogP contribution is 2.31. The molecule has 5 heteroatoms. The summed E-state index contributed by atoms with van der Waals surface area (Å²) in [7, 11) is 0. The van der Waals surface area contributed by atoms with Gasteiger partial charge in [-0.05, 0) is 36.8 Å². The van der Waals surface area contributed by atoms with Crippen LogP contribution in [0.3, 0.4) is 0 Å². The molecule has 0 unspecified atom stereocenters. The zero-order valence-corrected chi connectivity index (χ0v) is 17.8. The minimum Gasteiger partial charge on any atom is -0.339 e. The number of nitrogens with one attached hydrogen (secondary N) is 1. The van der Waals surface area contributed by atoms with Crippen molar-refractivity contribution in [3.63, 3.8) is 0 Å². The van der Waals surface area contributed by atoms with Crippen molar-refractivity contribution in [3.8, 4) is 33.1 Å². The number of aryl methyl sites for hydroxylation is 1. The molecule has 150 valence electrons. The number of rotatable bonds is 5. The predicted octanol–water partition coefficient (Wildman–Crippen LogP) is 6.99. The summed E-state index contributed by atoms with van der Waals surface area (Å²) in [5.41, 5.74) is 7.37. The molecule has 0 spiro atoms. The molecule has 0 aliphatic heterocycles. The summed E-state index contributed by atoms with van der Waals surface area (Å²) >= 11 is 1.67. The molecule has 0 saturated heterocycles. The highest BCUT2D eigenvalue weighted by atomic mass is 32.1. The van der Waals surface area contributed by atoms with Crippen LogP contribution in [0.2, 0.25) is 0 Å². The smallest absolute Gasteiger partial charge is 0.153 e. The van der Waals surface area contributed by atoms with Crippen molar-refractivity contribution in [2.24, 2.45) is 0 Å². The summed E-state index contributed by atoms with van der Waals surface area (Å²) in [6.45, 7) is 2.12. The van der Waals surface area contributed by atoms with Crippen LogP contribution in [0.1, 0.15) is 5.56 Å². The fraction of sp³-hybridized carbons (Fsp3) is 0.0385. The maximum Gasteiger partial charge on any atom is 0.153 e. The Morgan fingerprint density at radius 1 is 0.677 bits per heavy atom. The third-order valence-electron chi connectivity index (χ3n) is 5.07. The fourth-order valence-corrected chi connectivity index (χ4v) is 4.30. The van der Waals surface area contributed by atoms with Crippen LogP contribution in [0, 0.1) is 6.92 Å². The minimum absolute atomic E-state index is 0.711. The van der Waals surface area contributed by atoms with Gasteiger partial charge in [0.05, 0.1) is 11.4 Å². The van der Waals surface area contributed by atoms with Crippen molar-refractivity contribution < 1.29 is 0 Å². The number of benzene rings is 3. The first-order valence-corrected chi connectivity index (χ1v) is 10.9. The zero-order valence-electron chi connectivity index (χ0n) is 17.0. The first kappa shape index (κ1) is 19.2. The van der Waals surface area contributed by atoms with Gasteiger partial charge in [-0.3, -0.25) is 0 Å². The Morgan fingerprint density at radius 3 is 2.16 bits per heavy atom. The second-order valence-corrected chi connectivity index (χ2v) is 8.08. The molecule has 0 atom stereocenters. The Kier molecular flexibility index (Phi) is 5.25. The third kappa shape index (κ3) is 4.22. The van der Waals surface area contributed by atoms with Crippen molar-refractivity contribution in [1.29, 1.82) is 0 Å². The molecule has 5 aromatic rings. The van der Waals surface area contributed by atoms with Gasteiger partial charge in [-0.1, -0.05) is 66.7 Å². The quantitative estimate of drug-likeness (QED) is 0.333. The molecule has 2 heterocycles. The SMILES string of the molecule is Cc1ccccc1-c1nc(-c2ccc(Nc3ccc(-c4ccccc4)nn3)cc2)cs1. The van der Waals surface area contributed by atoms with E-state index in [-0.39, 0.29) is 0 Å². The highest BCUT2D eigenvalue weighted by molar-refractivity contribution is 7.13. The number of hydrogen-bond acceptors (Lipinski definition) is 5. The zero-order chi connectivity index (χ0) is 21.0. The van der Waals surface area contributed by atoms with Crippen LogP contribution in [0.15, 0.2) is 96.4 Å².